The van der Waals surface area contributed by atoms with E-state index >= 15 is 0 Å². The van der Waals surface area contributed by atoms with Gasteiger partial charge in [-0.05, 0) is 57.4 Å². The lowest BCUT2D eigenvalue weighted by Crippen LogP contribution is -2.39. The zero-order valence-corrected chi connectivity index (χ0v) is 18.8. The van der Waals surface area contributed by atoms with Crippen LogP contribution in [0.15, 0.2) is 30.3 Å². The van der Waals surface area contributed by atoms with E-state index < -0.39 is 11.0 Å². The molecule has 1 aromatic carbocycles. The predicted octanol–water partition coefficient (Wildman–Crippen LogP) is 4.07. The van der Waals surface area contributed by atoms with Gasteiger partial charge in [0.15, 0.2) is 5.65 Å². The average Bonchev–Trinajstić information content (AvgIpc) is 3.13. The molecule has 0 bridgehead atoms. The van der Waals surface area contributed by atoms with E-state index in [1.54, 1.807) is 18.2 Å². The zero-order chi connectivity index (χ0) is 21.4. The van der Waals surface area contributed by atoms with Gasteiger partial charge >= 0.3 is 0 Å². The highest BCUT2D eigenvalue weighted by atomic mass is 35.5. The van der Waals surface area contributed by atoms with Gasteiger partial charge in [0.2, 0.25) is 0 Å². The molecular weight excluding hydrogens is 422 g/mol. The van der Waals surface area contributed by atoms with Gasteiger partial charge in [0.05, 0.1) is 23.0 Å². The third-order valence-corrected chi connectivity index (χ3v) is 6.07. The molecule has 1 aliphatic rings. The van der Waals surface area contributed by atoms with Crippen molar-refractivity contribution in [2.24, 2.45) is 0 Å². The summed E-state index contributed by atoms with van der Waals surface area (Å²) in [4.78, 5) is 20.0. The molecule has 1 fully saturated rings. The summed E-state index contributed by atoms with van der Waals surface area (Å²) in [5.74, 6) is -0.145. The summed E-state index contributed by atoms with van der Waals surface area (Å²) in [6, 6.07) is 8.81. The second-order valence-electron chi connectivity index (χ2n) is 7.63. The molecule has 0 aliphatic carbocycles. The standard InChI is InChI=1S/C21H24ClN5O2S/c1-13-10-14(2)27-20(23-13)12-18(24-27)19-6-4-5-9-26(19)21(28)16-11-15(22)7-8-17(16)25-30(3)29/h7-8,10-12,19,25H,4-6,9H2,1-3H3. The van der Waals surface area contributed by atoms with Crippen LogP contribution >= 0.6 is 11.6 Å². The highest BCUT2D eigenvalue weighted by Crippen LogP contribution is 2.34. The van der Waals surface area contributed by atoms with Crippen molar-refractivity contribution in [1.29, 1.82) is 0 Å². The molecule has 3 aromatic rings. The van der Waals surface area contributed by atoms with Crippen LogP contribution in [0.4, 0.5) is 5.69 Å². The van der Waals surface area contributed by atoms with E-state index in [0.717, 1.165) is 42.0 Å². The zero-order valence-electron chi connectivity index (χ0n) is 17.2. The number of anilines is 1. The Balaban J connectivity index is 1.73. The quantitative estimate of drug-likeness (QED) is 0.656. The van der Waals surface area contributed by atoms with Crippen molar-refractivity contribution in [1.82, 2.24) is 19.5 Å². The summed E-state index contributed by atoms with van der Waals surface area (Å²) in [6.45, 7) is 4.59. The largest absolute Gasteiger partial charge is 0.330 e. The minimum Gasteiger partial charge on any atom is -0.330 e. The Bertz CT molecular complexity index is 1150. The van der Waals surface area contributed by atoms with Crippen LogP contribution in [0.3, 0.4) is 0 Å². The van der Waals surface area contributed by atoms with Crippen molar-refractivity contribution in [3.63, 3.8) is 0 Å². The number of nitrogens with one attached hydrogen (secondary N) is 1. The fourth-order valence-corrected chi connectivity index (χ4v) is 4.70. The molecule has 2 unspecified atom stereocenters. The molecular formula is C21H24ClN5O2S. The molecule has 2 atom stereocenters. The van der Waals surface area contributed by atoms with Crippen molar-refractivity contribution in [3.8, 4) is 0 Å². The van der Waals surface area contributed by atoms with Gasteiger partial charge in [0.1, 0.15) is 11.0 Å². The molecule has 30 heavy (non-hydrogen) atoms. The number of hydrogen-bond acceptors (Lipinski definition) is 4. The minimum absolute atomic E-state index is 0.145. The van der Waals surface area contributed by atoms with Crippen LogP contribution < -0.4 is 4.72 Å². The van der Waals surface area contributed by atoms with Crippen LogP contribution in [-0.2, 0) is 11.0 Å². The van der Waals surface area contributed by atoms with Crippen molar-refractivity contribution in [3.05, 3.63) is 58.0 Å². The van der Waals surface area contributed by atoms with Gasteiger partial charge in [-0.3, -0.25) is 4.79 Å². The molecule has 1 N–H and O–H groups in total. The molecule has 1 saturated heterocycles. The van der Waals surface area contributed by atoms with Gasteiger partial charge in [-0.15, -0.1) is 0 Å². The number of carbonyl (C=O) groups excluding carboxylic acids is 1. The number of halogens is 1. The van der Waals surface area contributed by atoms with Crippen LogP contribution in [0, 0.1) is 13.8 Å². The molecule has 2 aromatic heterocycles. The fourth-order valence-electron chi connectivity index (χ4n) is 4.04. The van der Waals surface area contributed by atoms with Crippen LogP contribution in [0.5, 0.6) is 0 Å². The summed E-state index contributed by atoms with van der Waals surface area (Å²) in [5.41, 5.74) is 4.48. The summed E-state index contributed by atoms with van der Waals surface area (Å²) >= 11 is 6.18. The highest BCUT2D eigenvalue weighted by molar-refractivity contribution is 7.85. The second-order valence-corrected chi connectivity index (χ2v) is 9.18. The van der Waals surface area contributed by atoms with E-state index in [9.17, 15) is 9.00 Å². The highest BCUT2D eigenvalue weighted by Gasteiger charge is 2.32. The molecule has 4 rings (SSSR count). The molecule has 7 nitrogen and oxygen atoms in total. The van der Waals surface area contributed by atoms with Crippen molar-refractivity contribution in [2.75, 3.05) is 17.5 Å². The minimum atomic E-state index is -1.30. The lowest BCUT2D eigenvalue weighted by molar-refractivity contribution is 0.0607. The van der Waals surface area contributed by atoms with Gasteiger partial charge in [-0.25, -0.2) is 13.7 Å². The number of rotatable bonds is 4. The number of amides is 1. The monoisotopic (exact) mass is 445 g/mol. The number of carbonyl (C=O) groups is 1. The Labute approximate surface area is 183 Å². The summed E-state index contributed by atoms with van der Waals surface area (Å²) < 4.78 is 16.4. The second kappa shape index (κ2) is 8.35. The average molecular weight is 446 g/mol. The third-order valence-electron chi connectivity index (χ3n) is 5.32. The number of aryl methyl sites for hydroxylation is 2. The lowest BCUT2D eigenvalue weighted by Gasteiger charge is -2.35. The molecule has 9 heteroatoms. The Morgan fingerprint density at radius 3 is 2.80 bits per heavy atom. The molecule has 3 heterocycles. The topological polar surface area (TPSA) is 79.6 Å². The van der Waals surface area contributed by atoms with Gasteiger partial charge < -0.3 is 9.62 Å². The molecule has 1 aliphatic heterocycles. The van der Waals surface area contributed by atoms with Crippen LogP contribution in [0.1, 0.15) is 52.7 Å². The number of benzene rings is 1. The van der Waals surface area contributed by atoms with Crippen LogP contribution in [0.2, 0.25) is 5.02 Å². The van der Waals surface area contributed by atoms with Gasteiger partial charge in [-0.2, -0.15) is 5.10 Å². The first-order valence-electron chi connectivity index (χ1n) is 9.88. The summed E-state index contributed by atoms with van der Waals surface area (Å²) in [6.07, 6.45) is 4.31. The maximum atomic E-state index is 13.6. The van der Waals surface area contributed by atoms with E-state index in [2.05, 4.69) is 9.71 Å². The maximum absolute atomic E-state index is 13.6. The SMILES string of the molecule is Cc1cc(C)n2nc(C3CCCCN3C(=O)c3cc(Cl)ccc3NS(C)=O)cc2n1. The first kappa shape index (κ1) is 20.8. The van der Waals surface area contributed by atoms with E-state index in [1.165, 1.54) is 6.26 Å². The molecule has 1 amide bonds. The Morgan fingerprint density at radius 2 is 2.03 bits per heavy atom. The van der Waals surface area contributed by atoms with Gasteiger partial charge in [-0.1, -0.05) is 11.6 Å². The number of aromatic nitrogens is 3. The van der Waals surface area contributed by atoms with E-state index in [-0.39, 0.29) is 11.9 Å². The van der Waals surface area contributed by atoms with Crippen LogP contribution in [-0.4, -0.2) is 42.4 Å². The van der Waals surface area contributed by atoms with Gasteiger partial charge in [0, 0.05) is 35.3 Å². The normalized spacial score (nSPS) is 17.9. The third kappa shape index (κ3) is 4.06. The summed E-state index contributed by atoms with van der Waals surface area (Å²) in [5, 5.41) is 5.22. The Hall–Kier alpha value is -2.45. The summed E-state index contributed by atoms with van der Waals surface area (Å²) in [7, 11) is -1.30. The van der Waals surface area contributed by atoms with Crippen LogP contribution in [0.25, 0.3) is 5.65 Å². The molecule has 0 saturated carbocycles. The first-order chi connectivity index (χ1) is 14.3. The fraction of sp³-hybridized carbons (Fsp3) is 0.381. The first-order valence-corrected chi connectivity index (χ1v) is 11.8. The molecule has 0 spiro atoms. The smallest absolute Gasteiger partial charge is 0.256 e. The lowest BCUT2D eigenvalue weighted by atomic mass is 9.98. The van der Waals surface area contributed by atoms with Crippen molar-refractivity contribution in [2.45, 2.75) is 39.2 Å². The Kier molecular flexibility index (Phi) is 5.79. The van der Waals surface area contributed by atoms with E-state index in [1.807, 2.05) is 35.4 Å². The number of piperidine rings is 1. The molecule has 0 radical (unpaired) electrons. The number of nitrogens with zero attached hydrogens (tertiary/aromatic N) is 4. The van der Waals surface area contributed by atoms with Gasteiger partial charge in [0.25, 0.3) is 5.91 Å². The van der Waals surface area contributed by atoms with E-state index in [0.29, 0.717) is 22.8 Å². The number of fused-ring (bicyclic) bond motifs is 1. The number of hydrogen-bond donors (Lipinski definition) is 1. The predicted molar refractivity (Wildman–Crippen MR) is 119 cm³/mol. The molecule has 158 valence electrons. The van der Waals surface area contributed by atoms with E-state index in [4.69, 9.17) is 16.7 Å². The van der Waals surface area contributed by atoms with Crippen molar-refractivity contribution < 1.29 is 9.00 Å². The Morgan fingerprint density at radius 1 is 1.23 bits per heavy atom. The number of likely N-dealkylation sites (tertiary alicyclic amines) is 1. The van der Waals surface area contributed by atoms with Crippen molar-refractivity contribution >= 4 is 39.8 Å². The maximum Gasteiger partial charge on any atom is 0.256 e.